The molecule has 2 nitrogen and oxygen atoms in total. The van der Waals surface area contributed by atoms with Crippen LogP contribution in [0.4, 0.5) is 0 Å². The van der Waals surface area contributed by atoms with Crippen molar-refractivity contribution < 1.29 is 9.47 Å². The lowest BCUT2D eigenvalue weighted by Gasteiger charge is -2.44. The standard InChI is InChI=1S/C21H36O2/c1-18(2)14-7-9-20(5,11-14)16(18)22-13-23-17-19(3,4)15-8-10-21(17,6)12-15/h14-17H,7-13H2,1-6H3/t14-,15-,16-,17-,20+,21+/m0/s1. The lowest BCUT2D eigenvalue weighted by molar-refractivity contribution is -0.206. The van der Waals surface area contributed by atoms with Gasteiger partial charge in [0.1, 0.15) is 6.79 Å². The molecule has 0 aromatic carbocycles. The summed E-state index contributed by atoms with van der Waals surface area (Å²) in [5.41, 5.74) is 1.38. The predicted octanol–water partition coefficient (Wildman–Crippen LogP) is 5.41. The van der Waals surface area contributed by atoms with E-state index in [1.165, 1.54) is 38.5 Å². The summed E-state index contributed by atoms with van der Waals surface area (Å²) in [6.45, 7) is 15.0. The molecule has 4 bridgehead atoms. The maximum absolute atomic E-state index is 6.44. The van der Waals surface area contributed by atoms with Crippen molar-refractivity contribution in [3.8, 4) is 0 Å². The van der Waals surface area contributed by atoms with Gasteiger partial charge in [-0.1, -0.05) is 41.5 Å². The second-order valence-corrected chi connectivity index (χ2v) is 11.0. The zero-order valence-corrected chi connectivity index (χ0v) is 16.1. The Balaban J connectivity index is 1.41. The van der Waals surface area contributed by atoms with E-state index >= 15 is 0 Å². The van der Waals surface area contributed by atoms with Gasteiger partial charge < -0.3 is 9.47 Å². The van der Waals surface area contributed by atoms with E-state index < -0.39 is 0 Å². The molecule has 0 heterocycles. The van der Waals surface area contributed by atoms with Gasteiger partial charge in [-0.15, -0.1) is 0 Å². The normalized spacial score (nSPS) is 52.4. The Hall–Kier alpha value is -0.0800. The van der Waals surface area contributed by atoms with Gasteiger partial charge in [0, 0.05) is 0 Å². The van der Waals surface area contributed by atoms with Crippen LogP contribution in [0, 0.1) is 33.5 Å². The van der Waals surface area contributed by atoms with Gasteiger partial charge in [0.2, 0.25) is 0 Å². The van der Waals surface area contributed by atoms with Crippen molar-refractivity contribution in [3.05, 3.63) is 0 Å². The topological polar surface area (TPSA) is 18.5 Å². The zero-order chi connectivity index (χ0) is 16.7. The first-order valence-corrected chi connectivity index (χ1v) is 9.83. The summed E-state index contributed by atoms with van der Waals surface area (Å²) in [5.74, 6) is 1.68. The van der Waals surface area contributed by atoms with Crippen LogP contribution >= 0.6 is 0 Å². The molecule has 0 N–H and O–H groups in total. The highest BCUT2D eigenvalue weighted by atomic mass is 16.7. The fraction of sp³-hybridized carbons (Fsp3) is 1.00. The van der Waals surface area contributed by atoms with Crippen molar-refractivity contribution in [1.82, 2.24) is 0 Å². The van der Waals surface area contributed by atoms with E-state index in [9.17, 15) is 0 Å². The monoisotopic (exact) mass is 320 g/mol. The molecule has 0 saturated heterocycles. The highest BCUT2D eigenvalue weighted by molar-refractivity contribution is 5.10. The van der Waals surface area contributed by atoms with E-state index in [4.69, 9.17) is 9.47 Å². The molecule has 0 aromatic rings. The highest BCUT2D eigenvalue weighted by Crippen LogP contribution is 2.65. The van der Waals surface area contributed by atoms with Crippen LogP contribution in [0.15, 0.2) is 0 Å². The molecule has 0 spiro atoms. The maximum Gasteiger partial charge on any atom is 0.147 e. The van der Waals surface area contributed by atoms with Gasteiger partial charge in [0.05, 0.1) is 12.2 Å². The molecule has 0 aliphatic heterocycles. The molecular formula is C21H36O2. The summed E-state index contributed by atoms with van der Waals surface area (Å²) in [5, 5.41) is 0. The first-order chi connectivity index (χ1) is 10.6. The summed E-state index contributed by atoms with van der Waals surface area (Å²) < 4.78 is 12.9. The Kier molecular flexibility index (Phi) is 3.39. The first-order valence-electron chi connectivity index (χ1n) is 9.83. The number of ether oxygens (including phenoxy) is 2. The molecule has 0 aromatic heterocycles. The smallest absolute Gasteiger partial charge is 0.147 e. The Morgan fingerprint density at radius 1 is 0.696 bits per heavy atom. The van der Waals surface area contributed by atoms with Crippen LogP contribution in [0.2, 0.25) is 0 Å². The van der Waals surface area contributed by atoms with E-state index in [2.05, 4.69) is 41.5 Å². The maximum atomic E-state index is 6.44. The quantitative estimate of drug-likeness (QED) is 0.645. The summed E-state index contributed by atoms with van der Waals surface area (Å²) in [6.07, 6.45) is 8.87. The van der Waals surface area contributed by atoms with Gasteiger partial charge in [-0.3, -0.25) is 0 Å². The molecule has 4 aliphatic rings. The molecule has 6 atom stereocenters. The Bertz CT molecular complexity index is 443. The molecular weight excluding hydrogens is 284 g/mol. The van der Waals surface area contributed by atoms with Crippen molar-refractivity contribution in [3.63, 3.8) is 0 Å². The molecule has 23 heavy (non-hydrogen) atoms. The van der Waals surface area contributed by atoms with Crippen LogP contribution < -0.4 is 0 Å². The average Bonchev–Trinajstić information content (AvgIpc) is 3.10. The largest absolute Gasteiger partial charge is 0.351 e. The first kappa shape index (κ1) is 16.4. The summed E-state index contributed by atoms with van der Waals surface area (Å²) in [7, 11) is 0. The van der Waals surface area contributed by atoms with E-state index in [1.807, 2.05) is 0 Å². The fourth-order valence-electron chi connectivity index (χ4n) is 7.52. The Morgan fingerprint density at radius 2 is 1.09 bits per heavy atom. The van der Waals surface area contributed by atoms with Gasteiger partial charge in [0.25, 0.3) is 0 Å². The minimum Gasteiger partial charge on any atom is -0.351 e. The highest BCUT2D eigenvalue weighted by Gasteiger charge is 2.62. The third-order valence-electron chi connectivity index (χ3n) is 8.74. The summed E-state index contributed by atoms with van der Waals surface area (Å²) in [4.78, 5) is 0. The van der Waals surface area contributed by atoms with E-state index in [1.54, 1.807) is 0 Å². The van der Waals surface area contributed by atoms with Gasteiger partial charge in [0.15, 0.2) is 0 Å². The van der Waals surface area contributed by atoms with Crippen molar-refractivity contribution in [2.75, 3.05) is 6.79 Å². The van der Waals surface area contributed by atoms with Gasteiger partial charge in [-0.2, -0.15) is 0 Å². The second-order valence-electron chi connectivity index (χ2n) is 11.0. The number of hydrogen-bond acceptors (Lipinski definition) is 2. The van der Waals surface area contributed by atoms with Crippen molar-refractivity contribution in [2.45, 2.75) is 92.3 Å². The van der Waals surface area contributed by atoms with Crippen molar-refractivity contribution in [2.24, 2.45) is 33.5 Å². The van der Waals surface area contributed by atoms with Crippen molar-refractivity contribution >= 4 is 0 Å². The molecule has 4 rings (SSSR count). The predicted molar refractivity (Wildman–Crippen MR) is 93.1 cm³/mol. The molecule has 0 amide bonds. The minimum atomic E-state index is 0.310. The van der Waals surface area contributed by atoms with E-state index in [0.29, 0.717) is 40.7 Å². The Morgan fingerprint density at radius 3 is 1.39 bits per heavy atom. The fourth-order valence-corrected chi connectivity index (χ4v) is 7.52. The lowest BCUT2D eigenvalue weighted by atomic mass is 9.70. The molecule has 4 fully saturated rings. The second kappa shape index (κ2) is 4.75. The van der Waals surface area contributed by atoms with Crippen LogP contribution in [0.1, 0.15) is 80.1 Å². The zero-order valence-electron chi connectivity index (χ0n) is 16.1. The third-order valence-corrected chi connectivity index (χ3v) is 8.74. The number of fused-ring (bicyclic) bond motifs is 4. The molecule has 132 valence electrons. The number of rotatable bonds is 4. The SMILES string of the molecule is CC1(C)[C@H]2CC[C@](C)(C2)[C@H]1OCO[C@H]1C(C)(C)[C@H]2CC[C@]1(C)C2. The van der Waals surface area contributed by atoms with Crippen molar-refractivity contribution in [1.29, 1.82) is 0 Å². The minimum absolute atomic E-state index is 0.310. The average molecular weight is 321 g/mol. The van der Waals surface area contributed by atoms with Crippen LogP contribution in [-0.2, 0) is 9.47 Å². The summed E-state index contributed by atoms with van der Waals surface area (Å²) in [6, 6.07) is 0. The molecule has 4 saturated carbocycles. The number of hydrogen-bond donors (Lipinski definition) is 0. The molecule has 4 aliphatic carbocycles. The van der Waals surface area contributed by atoms with E-state index in [-0.39, 0.29) is 0 Å². The van der Waals surface area contributed by atoms with Crippen LogP contribution in [0.3, 0.4) is 0 Å². The molecule has 0 radical (unpaired) electrons. The Labute approximate surface area is 142 Å². The van der Waals surface area contributed by atoms with Crippen LogP contribution in [0.25, 0.3) is 0 Å². The van der Waals surface area contributed by atoms with Gasteiger partial charge in [-0.25, -0.2) is 0 Å². The summed E-state index contributed by atoms with van der Waals surface area (Å²) >= 11 is 0. The molecule has 0 unspecified atom stereocenters. The third kappa shape index (κ3) is 2.13. The van der Waals surface area contributed by atoms with Gasteiger partial charge >= 0.3 is 0 Å². The molecule has 2 heteroatoms. The van der Waals surface area contributed by atoms with Gasteiger partial charge in [-0.05, 0) is 72.0 Å². The lowest BCUT2D eigenvalue weighted by Crippen LogP contribution is -2.45. The van der Waals surface area contributed by atoms with Crippen LogP contribution in [-0.4, -0.2) is 19.0 Å². The van der Waals surface area contributed by atoms with E-state index in [0.717, 1.165) is 11.8 Å². The van der Waals surface area contributed by atoms with Crippen LogP contribution in [0.5, 0.6) is 0 Å².